The van der Waals surface area contributed by atoms with Gasteiger partial charge in [0.25, 0.3) is 5.92 Å². The van der Waals surface area contributed by atoms with Crippen molar-refractivity contribution in [3.8, 4) is 0 Å². The summed E-state index contributed by atoms with van der Waals surface area (Å²) in [7, 11) is 6.42. The number of unbranched alkanes of at least 4 members (excludes halogenated alkanes) is 10. The fourth-order valence-corrected chi connectivity index (χ4v) is 18.2. The molecule has 13 atom stereocenters. The molecule has 118 heavy (non-hydrogen) atoms. The van der Waals surface area contributed by atoms with Gasteiger partial charge in [0.1, 0.15) is 11.6 Å². The molecule has 29 heteroatoms. The number of methoxy groups -OCH3 is 4. The van der Waals surface area contributed by atoms with Crippen molar-refractivity contribution in [2.45, 2.75) is 348 Å². The molecule has 2 heterocycles. The van der Waals surface area contributed by atoms with E-state index in [-0.39, 0.29) is 176 Å². The van der Waals surface area contributed by atoms with Crippen LogP contribution in [0.3, 0.4) is 0 Å². The van der Waals surface area contributed by atoms with Gasteiger partial charge in [-0.15, -0.1) is 11.8 Å². The van der Waals surface area contributed by atoms with Gasteiger partial charge in [-0.3, -0.25) is 43.2 Å². The van der Waals surface area contributed by atoms with E-state index in [0.29, 0.717) is 161 Å². The number of thioether (sulfide) groups is 1. The molecule has 2 aliphatic heterocycles. The molecule has 0 amide bonds. The van der Waals surface area contributed by atoms with E-state index in [1.54, 1.807) is 6.08 Å². The molecule has 678 valence electrons. The third kappa shape index (κ3) is 37.9. The number of aliphatic hydroxyl groups is 4. The summed E-state index contributed by atoms with van der Waals surface area (Å²) in [5.74, 6) is -19.1. The number of hydrogen-bond acceptors (Lipinski definition) is 21. The molecule has 3 saturated carbocycles. The van der Waals surface area contributed by atoms with Gasteiger partial charge in [0, 0.05) is 119 Å². The molecular weight excluding hydrogens is 1590 g/mol. The number of rotatable bonds is 51. The highest BCUT2D eigenvalue weighted by Gasteiger charge is 2.60. The molecule has 4 aliphatic carbocycles. The number of hydrogen-bond donors (Lipinski definition) is 5. The quantitative estimate of drug-likeness (QED) is 0.00944. The Morgan fingerprint density at radius 2 is 0.932 bits per heavy atom. The number of ketones is 5. The van der Waals surface area contributed by atoms with E-state index in [4.69, 9.17) is 14.6 Å². The number of thiol groups is 1. The number of ether oxygens (including phenoxy) is 6. The second-order valence-corrected chi connectivity index (χ2v) is 33.9. The lowest BCUT2D eigenvalue weighted by Gasteiger charge is -2.43. The van der Waals surface area contributed by atoms with Crippen LogP contribution in [0.4, 0.5) is 35.1 Å². The zero-order chi connectivity index (χ0) is 88.6. The van der Waals surface area contributed by atoms with Crippen molar-refractivity contribution in [3.05, 3.63) is 60.8 Å². The van der Waals surface area contributed by atoms with E-state index in [1.165, 1.54) is 34.5 Å². The number of allylic oxidation sites excluding steroid dienone is 10. The van der Waals surface area contributed by atoms with Crippen LogP contribution in [0.2, 0.25) is 0 Å². The summed E-state index contributed by atoms with van der Waals surface area (Å²) in [6.07, 6.45) is 32.7. The smallest absolute Gasteiger partial charge is 0.305 e. The highest BCUT2D eigenvalue weighted by Crippen LogP contribution is 2.57. The Kier molecular flexibility index (Phi) is 53.6. The maximum Gasteiger partial charge on any atom is 0.305 e. The first-order valence-corrected chi connectivity index (χ1v) is 44.3. The molecule has 0 bridgehead atoms. The van der Waals surface area contributed by atoms with Crippen LogP contribution >= 0.6 is 24.4 Å². The minimum Gasteiger partial charge on any atom is -0.469 e. The molecule has 0 spiro atoms. The standard InChI is InChI=1S/C25H42F2O6.2C21H32F2O4S.C21H30F2O4.CH4O/c1-3-4-5-10-14-24(26,27)25(32-16-17-33-25)15-13-20-19(21(28)18-22(20)29)11-8-6-7-9-12-23(30)31-2;1-3-4-12-20(22,23)21(26)13-11-16-15(17(24)14-18(16)28-21)9-7-5-6-8-10-19(25)27-2;1-3-4-13-21(22,23)19(25)12-11-16-15(17(24)14-18(16)28)9-7-5-6-8-10-20(26)27-2;1-3-4-15-21(22,23)19(25)14-12-16-11-13-18(24)17(16)9-7-5-6-8-10-20(26)27-2;1-2/h6,8,19-22,28-29H,3-5,7,9-18H2,1-2H3;5,7,15-16,18,26H,3-4,6,8-14H2,1-2H3;5,7,15-16,18,28H,3-4,6,8-14H2,1-2H3;5,7,11,13,16-17H,3-4,6,8-10,12,14-15H2,1-2H3;2H,1H3/b8-6-;3*7-5-;/t19-,20-,21?,22?;15-,16-,18-,21?;15-,16?,18-;16?,17-;/m1111./s1. The van der Waals surface area contributed by atoms with Crippen LogP contribution in [-0.4, -0.2) is 179 Å². The second kappa shape index (κ2) is 58.0. The summed E-state index contributed by atoms with van der Waals surface area (Å²) in [6.45, 7) is 7.79. The summed E-state index contributed by atoms with van der Waals surface area (Å²) < 4.78 is 144. The van der Waals surface area contributed by atoms with Crippen LogP contribution in [0, 0.1) is 47.3 Å². The molecule has 0 radical (unpaired) electrons. The van der Waals surface area contributed by atoms with Gasteiger partial charge >= 0.3 is 41.6 Å². The molecule has 19 nitrogen and oxygen atoms in total. The largest absolute Gasteiger partial charge is 0.469 e. The van der Waals surface area contributed by atoms with Gasteiger partial charge in [0.05, 0.1) is 53.9 Å². The minimum atomic E-state index is -3.28. The van der Waals surface area contributed by atoms with Crippen molar-refractivity contribution in [2.24, 2.45) is 47.3 Å². The summed E-state index contributed by atoms with van der Waals surface area (Å²) in [6, 6.07) is 0. The Morgan fingerprint density at radius 3 is 1.41 bits per heavy atom. The Balaban J connectivity index is 0.000000531. The Bertz CT molecular complexity index is 3120. The predicted molar refractivity (Wildman–Crippen MR) is 442 cm³/mol. The second-order valence-electron chi connectivity index (χ2n) is 31.7. The van der Waals surface area contributed by atoms with E-state index < -0.39 is 71.0 Å². The lowest BCUT2D eigenvalue weighted by Crippen LogP contribution is -2.50. The van der Waals surface area contributed by atoms with Crippen LogP contribution in [-0.2, 0) is 71.6 Å². The van der Waals surface area contributed by atoms with Gasteiger partial charge < -0.3 is 48.8 Å². The van der Waals surface area contributed by atoms with E-state index in [9.17, 15) is 84.8 Å². The van der Waals surface area contributed by atoms with Gasteiger partial charge in [-0.2, -0.15) is 30.2 Å². The molecule has 6 rings (SSSR count). The molecule has 2 saturated heterocycles. The number of Topliss-reactive ketones (excluding diaryl/α,β-unsaturated/α-hetero) is 4. The van der Waals surface area contributed by atoms with E-state index >= 15 is 8.78 Å². The normalized spacial score (nSPS) is 24.9. The molecule has 5 unspecified atom stereocenters. The third-order valence-electron chi connectivity index (χ3n) is 23.2. The zero-order valence-electron chi connectivity index (χ0n) is 71.4. The topological polar surface area (TPSA) is 290 Å². The first-order chi connectivity index (χ1) is 56.0. The summed E-state index contributed by atoms with van der Waals surface area (Å²) in [5.41, 5.74) is 0. The lowest BCUT2D eigenvalue weighted by molar-refractivity contribution is -0.297. The van der Waals surface area contributed by atoms with E-state index in [1.807, 2.05) is 76.3 Å². The van der Waals surface area contributed by atoms with Gasteiger partial charge in [-0.25, -0.2) is 17.6 Å². The summed E-state index contributed by atoms with van der Waals surface area (Å²) in [5, 5.41) is 38.2. The van der Waals surface area contributed by atoms with E-state index in [2.05, 4.69) is 31.6 Å². The molecule has 0 aromatic rings. The molecule has 0 aromatic heterocycles. The average molecular weight is 1730 g/mol. The predicted octanol–water partition coefficient (Wildman–Crippen LogP) is 19.0. The molecule has 6 aliphatic rings. The first-order valence-electron chi connectivity index (χ1n) is 42.9. The average Bonchev–Trinajstić information content (AvgIpc) is 1.10. The van der Waals surface area contributed by atoms with E-state index in [0.717, 1.165) is 44.6 Å². The maximum absolute atomic E-state index is 15.2. The molecule has 0 aromatic carbocycles. The highest BCUT2D eigenvalue weighted by atomic mass is 32.2. The van der Waals surface area contributed by atoms with Crippen molar-refractivity contribution >= 4 is 77.2 Å². The Morgan fingerprint density at radius 1 is 0.508 bits per heavy atom. The van der Waals surface area contributed by atoms with Crippen molar-refractivity contribution in [1.29, 1.82) is 0 Å². The van der Waals surface area contributed by atoms with Gasteiger partial charge in [-0.05, 0) is 177 Å². The van der Waals surface area contributed by atoms with Crippen LogP contribution in [0.25, 0.3) is 0 Å². The summed E-state index contributed by atoms with van der Waals surface area (Å²) in [4.78, 5) is 103. The number of carbonyl (C=O) groups is 9. The number of alkyl halides is 8. The van der Waals surface area contributed by atoms with Crippen molar-refractivity contribution < 1.29 is 127 Å². The monoisotopic (exact) mass is 1730 g/mol. The number of halogens is 8. The van der Waals surface area contributed by atoms with Crippen molar-refractivity contribution in [3.63, 3.8) is 0 Å². The van der Waals surface area contributed by atoms with Crippen LogP contribution in [0.1, 0.15) is 291 Å². The van der Waals surface area contributed by atoms with Crippen molar-refractivity contribution in [1.82, 2.24) is 0 Å². The number of carbonyl (C=O) groups excluding carboxylic acids is 9. The Hall–Kier alpha value is -5.17. The zero-order valence-corrected chi connectivity index (χ0v) is 73.1. The SMILES string of the molecule is CCCCC(F)(F)C(=O)CCC1C=CC(=O)[C@@H]1C/C=C\CCCC(=O)OC.CCCCC(F)(F)C(=O)CCC1[C@H](S)CC(=O)[C@@H]1C/C=C\CCCC(=O)OC.CCCCC(F)(F)C1(O)CC[C@H]2[C@@H](CC(=O)[C@@H]2C/C=C\CCCC(=O)OC)S1.CCCCCCC(F)(F)C1(CC[C@H]2C(O)CC(O)[C@@H]2C/C=C\CCCC(=O)OC)OCCO1.CO. The van der Waals surface area contributed by atoms with Crippen LogP contribution in [0.5, 0.6) is 0 Å². The fourth-order valence-electron chi connectivity index (χ4n) is 15.9. The molecular formula is C89H140F8O19S2. The number of fused-ring (bicyclic) bond motifs is 1. The Labute approximate surface area is 705 Å². The number of aliphatic hydroxyl groups excluding tert-OH is 3. The van der Waals surface area contributed by atoms with Gasteiger partial charge in [0.15, 0.2) is 10.7 Å². The van der Waals surface area contributed by atoms with Gasteiger partial charge in [-0.1, -0.05) is 121 Å². The fraction of sp³-hybridized carbons (Fsp3) is 0.787. The van der Waals surface area contributed by atoms with Crippen LogP contribution < -0.4 is 0 Å². The summed E-state index contributed by atoms with van der Waals surface area (Å²) >= 11 is 5.39. The maximum atomic E-state index is 15.2. The first kappa shape index (κ1) is 109. The third-order valence-corrected chi connectivity index (χ3v) is 25.5. The van der Waals surface area contributed by atoms with Gasteiger partial charge in [0.2, 0.25) is 17.4 Å². The number of esters is 4. The van der Waals surface area contributed by atoms with Crippen LogP contribution in [0.15, 0.2) is 60.8 Å². The molecule has 4 N–H and O–H groups in total. The minimum absolute atomic E-state index is 0.0123. The lowest BCUT2D eigenvalue weighted by atomic mass is 9.84. The highest BCUT2D eigenvalue weighted by molar-refractivity contribution is 8.01. The molecule has 5 fully saturated rings. The van der Waals surface area contributed by atoms with Crippen molar-refractivity contribution in [2.75, 3.05) is 48.8 Å².